The van der Waals surface area contributed by atoms with Gasteiger partial charge in [0.1, 0.15) is 5.57 Å². The summed E-state index contributed by atoms with van der Waals surface area (Å²) in [4.78, 5) is 26.1. The lowest BCUT2D eigenvalue weighted by atomic mass is 10.1. The standard InChI is InChI=1S/C16H14N2O5S2/c17-25(22,23)11-5-3-10(4-6-11)7-8-18-15(20)13(14(19)16(18)21)12-2-1-9-24-12/h1-6,9,19H,7-8H2,(H2,17,22,23). The van der Waals surface area contributed by atoms with Crippen molar-refractivity contribution in [2.45, 2.75) is 11.3 Å². The Bertz CT molecular complexity index is 960. The van der Waals surface area contributed by atoms with Gasteiger partial charge >= 0.3 is 0 Å². The van der Waals surface area contributed by atoms with Crippen LogP contribution in [0, 0.1) is 0 Å². The molecule has 7 nitrogen and oxygen atoms in total. The average Bonchev–Trinajstić information content (AvgIpc) is 3.14. The van der Waals surface area contributed by atoms with Crippen molar-refractivity contribution in [3.05, 3.63) is 58.0 Å². The highest BCUT2D eigenvalue weighted by molar-refractivity contribution is 7.89. The van der Waals surface area contributed by atoms with E-state index in [0.29, 0.717) is 11.3 Å². The van der Waals surface area contributed by atoms with E-state index in [1.165, 1.54) is 23.5 Å². The van der Waals surface area contributed by atoms with E-state index in [2.05, 4.69) is 0 Å². The van der Waals surface area contributed by atoms with Gasteiger partial charge in [0, 0.05) is 11.4 Å². The molecule has 0 aliphatic carbocycles. The van der Waals surface area contributed by atoms with Crippen molar-refractivity contribution < 1.29 is 23.1 Å². The van der Waals surface area contributed by atoms with Gasteiger partial charge in [-0.05, 0) is 35.6 Å². The Morgan fingerprint density at radius 3 is 2.32 bits per heavy atom. The van der Waals surface area contributed by atoms with Gasteiger partial charge in [-0.15, -0.1) is 11.3 Å². The lowest BCUT2D eigenvalue weighted by Crippen LogP contribution is -2.33. The van der Waals surface area contributed by atoms with Crippen LogP contribution < -0.4 is 5.14 Å². The summed E-state index contributed by atoms with van der Waals surface area (Å²) < 4.78 is 22.5. The zero-order chi connectivity index (χ0) is 18.2. The number of amides is 2. The molecule has 3 rings (SSSR count). The van der Waals surface area contributed by atoms with Gasteiger partial charge in [-0.2, -0.15) is 0 Å². The number of thiophene rings is 1. The normalized spacial score (nSPS) is 15.3. The molecule has 0 saturated carbocycles. The second kappa shape index (κ2) is 6.43. The number of nitrogens with two attached hydrogens (primary N) is 1. The molecule has 0 atom stereocenters. The van der Waals surface area contributed by atoms with Crippen molar-refractivity contribution in [2.75, 3.05) is 6.54 Å². The topological polar surface area (TPSA) is 118 Å². The number of carbonyl (C=O) groups excluding carboxylic acids is 2. The van der Waals surface area contributed by atoms with Crippen LogP contribution in [0.4, 0.5) is 0 Å². The lowest BCUT2D eigenvalue weighted by molar-refractivity contribution is -0.138. The molecule has 2 heterocycles. The van der Waals surface area contributed by atoms with E-state index in [1.54, 1.807) is 29.6 Å². The van der Waals surface area contributed by atoms with Crippen LogP contribution in [-0.2, 0) is 26.0 Å². The number of aliphatic hydroxyl groups is 1. The Hall–Kier alpha value is -2.49. The molecule has 3 N–H and O–H groups in total. The summed E-state index contributed by atoms with van der Waals surface area (Å²) in [6, 6.07) is 9.26. The van der Waals surface area contributed by atoms with E-state index < -0.39 is 27.6 Å². The van der Waals surface area contributed by atoms with Crippen LogP contribution in [0.25, 0.3) is 5.57 Å². The third kappa shape index (κ3) is 3.34. The summed E-state index contributed by atoms with van der Waals surface area (Å²) in [5, 5.41) is 16.8. The average molecular weight is 378 g/mol. The summed E-state index contributed by atoms with van der Waals surface area (Å²) >= 11 is 1.26. The third-order valence-corrected chi connectivity index (χ3v) is 5.60. The zero-order valence-corrected chi connectivity index (χ0v) is 14.5. The predicted octanol–water partition coefficient (Wildman–Crippen LogP) is 1.28. The maximum atomic E-state index is 12.4. The predicted molar refractivity (Wildman–Crippen MR) is 92.1 cm³/mol. The van der Waals surface area contributed by atoms with Crippen molar-refractivity contribution in [1.82, 2.24) is 4.90 Å². The second-order valence-electron chi connectivity index (χ2n) is 5.40. The summed E-state index contributed by atoms with van der Waals surface area (Å²) in [6.07, 6.45) is 0.327. The molecular formula is C16H14N2O5S2. The minimum atomic E-state index is -3.76. The number of hydrogen-bond acceptors (Lipinski definition) is 6. The number of primary sulfonamides is 1. The molecule has 2 aromatic rings. The Kier molecular flexibility index (Phi) is 4.46. The highest BCUT2D eigenvalue weighted by Crippen LogP contribution is 2.30. The van der Waals surface area contributed by atoms with E-state index in [-0.39, 0.29) is 17.0 Å². The molecule has 9 heteroatoms. The van der Waals surface area contributed by atoms with E-state index in [4.69, 9.17) is 5.14 Å². The van der Waals surface area contributed by atoms with Gasteiger partial charge in [0.05, 0.1) is 4.90 Å². The second-order valence-corrected chi connectivity index (χ2v) is 7.91. The molecule has 0 saturated heterocycles. The highest BCUT2D eigenvalue weighted by Gasteiger charge is 2.39. The lowest BCUT2D eigenvalue weighted by Gasteiger charge is -2.14. The van der Waals surface area contributed by atoms with Gasteiger partial charge in [0.15, 0.2) is 5.76 Å². The molecule has 0 unspecified atom stereocenters. The molecule has 0 fully saturated rings. The number of hydrogen-bond donors (Lipinski definition) is 2. The van der Waals surface area contributed by atoms with Crippen LogP contribution >= 0.6 is 11.3 Å². The Balaban J connectivity index is 1.73. The number of rotatable bonds is 5. The van der Waals surface area contributed by atoms with Crippen LogP contribution in [-0.4, -0.2) is 36.8 Å². The van der Waals surface area contributed by atoms with Gasteiger partial charge in [-0.1, -0.05) is 18.2 Å². The minimum absolute atomic E-state index is 0.0103. The summed E-state index contributed by atoms with van der Waals surface area (Å²) in [5.74, 6) is -1.81. The fraction of sp³-hybridized carbons (Fsp3) is 0.125. The van der Waals surface area contributed by atoms with E-state index in [9.17, 15) is 23.1 Å². The number of imide groups is 1. The van der Waals surface area contributed by atoms with Gasteiger partial charge in [0.25, 0.3) is 11.8 Å². The summed E-state index contributed by atoms with van der Waals surface area (Å²) in [7, 11) is -3.76. The number of carbonyl (C=O) groups is 2. The molecule has 1 aliphatic heterocycles. The van der Waals surface area contributed by atoms with Crippen LogP contribution in [0.5, 0.6) is 0 Å². The molecule has 25 heavy (non-hydrogen) atoms. The SMILES string of the molecule is NS(=O)(=O)c1ccc(CCN2C(=O)C(O)=C(c3cccs3)C2=O)cc1. The number of nitrogens with zero attached hydrogens (tertiary/aromatic N) is 1. The molecule has 0 bridgehead atoms. The maximum absolute atomic E-state index is 12.4. The van der Waals surface area contributed by atoms with Crippen molar-refractivity contribution in [2.24, 2.45) is 5.14 Å². The first-order valence-corrected chi connectivity index (χ1v) is 9.66. The molecule has 1 aromatic carbocycles. The van der Waals surface area contributed by atoms with Crippen molar-refractivity contribution in [3.8, 4) is 0 Å². The molecule has 0 radical (unpaired) electrons. The summed E-state index contributed by atoms with van der Waals surface area (Å²) in [5.41, 5.74) is 0.752. The van der Waals surface area contributed by atoms with E-state index in [1.807, 2.05) is 0 Å². The minimum Gasteiger partial charge on any atom is -0.502 e. The molecule has 130 valence electrons. The number of aliphatic hydroxyl groups excluding tert-OH is 1. The third-order valence-electron chi connectivity index (χ3n) is 3.79. The van der Waals surface area contributed by atoms with E-state index >= 15 is 0 Å². The van der Waals surface area contributed by atoms with Crippen LogP contribution in [0.2, 0.25) is 0 Å². The van der Waals surface area contributed by atoms with Gasteiger partial charge in [-0.3, -0.25) is 14.5 Å². The smallest absolute Gasteiger partial charge is 0.296 e. The fourth-order valence-corrected chi connectivity index (χ4v) is 3.77. The van der Waals surface area contributed by atoms with Crippen molar-refractivity contribution in [1.29, 1.82) is 0 Å². The Morgan fingerprint density at radius 2 is 1.76 bits per heavy atom. The van der Waals surface area contributed by atoms with Gasteiger partial charge < -0.3 is 5.11 Å². The molecular weight excluding hydrogens is 364 g/mol. The van der Waals surface area contributed by atoms with Gasteiger partial charge in [0.2, 0.25) is 10.0 Å². The van der Waals surface area contributed by atoms with Crippen molar-refractivity contribution in [3.63, 3.8) is 0 Å². The van der Waals surface area contributed by atoms with E-state index in [0.717, 1.165) is 10.5 Å². The largest absolute Gasteiger partial charge is 0.502 e. The first-order chi connectivity index (χ1) is 11.8. The summed E-state index contributed by atoms with van der Waals surface area (Å²) in [6.45, 7) is 0.0747. The molecule has 1 aromatic heterocycles. The quantitative estimate of drug-likeness (QED) is 0.760. The van der Waals surface area contributed by atoms with Crippen LogP contribution in [0.3, 0.4) is 0 Å². The molecule has 0 spiro atoms. The van der Waals surface area contributed by atoms with Crippen molar-refractivity contribution >= 4 is 38.7 Å². The molecule has 1 aliphatic rings. The first kappa shape index (κ1) is 17.3. The fourth-order valence-electron chi connectivity index (χ4n) is 2.50. The van der Waals surface area contributed by atoms with Crippen LogP contribution in [0.15, 0.2) is 52.4 Å². The molecule has 2 amide bonds. The highest BCUT2D eigenvalue weighted by atomic mass is 32.2. The Morgan fingerprint density at radius 1 is 1.08 bits per heavy atom. The number of benzene rings is 1. The maximum Gasteiger partial charge on any atom is 0.296 e. The van der Waals surface area contributed by atoms with Gasteiger partial charge in [-0.25, -0.2) is 13.6 Å². The zero-order valence-electron chi connectivity index (χ0n) is 12.9. The monoisotopic (exact) mass is 378 g/mol. The number of sulfonamides is 1. The Labute approximate surface area is 148 Å². The van der Waals surface area contributed by atoms with Crippen LogP contribution in [0.1, 0.15) is 10.4 Å². The first-order valence-electron chi connectivity index (χ1n) is 7.24.